The zero-order valence-electron chi connectivity index (χ0n) is 23.9. The zero-order valence-corrected chi connectivity index (χ0v) is 23.9. The van der Waals surface area contributed by atoms with Crippen molar-refractivity contribution < 1.29 is 33.6 Å². The Labute approximate surface area is 238 Å². The maximum atomic E-state index is 12.3. The molecule has 0 saturated heterocycles. The van der Waals surface area contributed by atoms with Gasteiger partial charge in [-0.15, -0.1) is 0 Å². The van der Waals surface area contributed by atoms with Gasteiger partial charge in [-0.3, -0.25) is 0 Å². The second kappa shape index (κ2) is 15.1. The summed E-state index contributed by atoms with van der Waals surface area (Å²) in [4.78, 5) is 24.3. The van der Waals surface area contributed by atoms with E-state index in [4.69, 9.17) is 18.9 Å². The summed E-state index contributed by atoms with van der Waals surface area (Å²) in [6.07, 6.45) is 6.87. The van der Waals surface area contributed by atoms with Crippen LogP contribution in [0.1, 0.15) is 75.5 Å². The molecule has 2 aliphatic rings. The molecule has 0 aliphatic heterocycles. The van der Waals surface area contributed by atoms with Crippen LogP contribution in [0.25, 0.3) is 0 Å². The average molecular weight is 553 g/mol. The summed E-state index contributed by atoms with van der Waals surface area (Å²) >= 11 is 0. The predicted molar refractivity (Wildman–Crippen MR) is 152 cm³/mol. The number of ether oxygens (including phenoxy) is 4. The van der Waals surface area contributed by atoms with E-state index in [-0.39, 0.29) is 31.3 Å². The lowest BCUT2D eigenvalue weighted by Gasteiger charge is -2.32. The van der Waals surface area contributed by atoms with Crippen LogP contribution in [-0.4, -0.2) is 42.7 Å². The van der Waals surface area contributed by atoms with Crippen LogP contribution in [-0.2, 0) is 38.5 Å². The Kier molecular flexibility index (Phi) is 11.3. The zero-order chi connectivity index (χ0) is 28.3. The molecule has 1 saturated carbocycles. The average Bonchev–Trinajstić information content (AvgIpc) is 3.26. The fourth-order valence-electron chi connectivity index (χ4n) is 6.41. The van der Waals surface area contributed by atoms with Gasteiger partial charge in [-0.25, -0.2) is 9.59 Å². The number of carbonyl (C=O) groups is 2. The fraction of sp³-hybridized carbons (Fsp3) is 0.576. The third kappa shape index (κ3) is 8.23. The first kappa shape index (κ1) is 29.9. The minimum atomic E-state index is -0.600. The largest absolute Gasteiger partial charge is 0.508 e. The number of fused-ring (bicyclic) bond motifs is 2. The molecular formula is C33H44O7. The molecule has 2 aromatic rings. The molecule has 1 fully saturated rings. The van der Waals surface area contributed by atoms with Crippen molar-refractivity contribution in [3.63, 3.8) is 0 Å². The molecule has 40 heavy (non-hydrogen) atoms. The van der Waals surface area contributed by atoms with Crippen LogP contribution in [0.3, 0.4) is 0 Å². The molecule has 0 amide bonds. The number of aliphatic hydroxyl groups excluding tert-OH is 1. The quantitative estimate of drug-likeness (QED) is 0.213. The summed E-state index contributed by atoms with van der Waals surface area (Å²) in [6.45, 7) is 4.32. The van der Waals surface area contributed by atoms with Gasteiger partial charge in [0.25, 0.3) is 0 Å². The topological polar surface area (TPSA) is 91.3 Å². The Morgan fingerprint density at radius 1 is 0.975 bits per heavy atom. The van der Waals surface area contributed by atoms with Gasteiger partial charge in [0.2, 0.25) is 0 Å². The lowest BCUT2D eigenvalue weighted by atomic mass is 9.73. The Bertz CT molecular complexity index is 1090. The number of benzene rings is 2. The molecule has 0 radical (unpaired) electrons. The molecule has 0 bridgehead atoms. The van der Waals surface area contributed by atoms with Crippen LogP contribution >= 0.6 is 0 Å². The third-order valence-corrected chi connectivity index (χ3v) is 8.41. The Morgan fingerprint density at radius 2 is 1.80 bits per heavy atom. The molecule has 218 valence electrons. The highest BCUT2D eigenvalue weighted by atomic mass is 16.7. The minimum Gasteiger partial charge on any atom is -0.482 e. The van der Waals surface area contributed by atoms with Crippen LogP contribution < -0.4 is 4.74 Å². The standard InChI is InChI=1S/C33H44O7/c1-3-5-7-14-26(40-33(36)37-4-2)16-17-27-28-18-24-13-10-15-31(29(24)19-25(28)20-30(27)34)38-22-32(35)39-21-23-11-8-6-9-12-23/h6,8-13,15,25-28,30,34H,3-5,7,14,16-22H2,1-2H3/t25-,26-,27+,28-,30+/m0/s1. The van der Waals surface area contributed by atoms with Gasteiger partial charge in [0.05, 0.1) is 12.7 Å². The SMILES string of the molecule is CCCCC[C@@H](CC[C@@H]1[C@H]2Cc3cccc(OCC(=O)OCc4ccccc4)c3C[C@H]2C[C@H]1O)OC(=O)OCC. The van der Waals surface area contributed by atoms with Crippen LogP contribution in [0.5, 0.6) is 5.75 Å². The molecule has 2 aliphatic carbocycles. The van der Waals surface area contributed by atoms with Crippen molar-refractivity contribution in [3.8, 4) is 5.75 Å². The molecule has 0 unspecified atom stereocenters. The van der Waals surface area contributed by atoms with E-state index in [1.54, 1.807) is 6.92 Å². The van der Waals surface area contributed by atoms with Crippen molar-refractivity contribution in [1.82, 2.24) is 0 Å². The predicted octanol–water partition coefficient (Wildman–Crippen LogP) is 6.42. The minimum absolute atomic E-state index is 0.136. The van der Waals surface area contributed by atoms with Crippen molar-refractivity contribution in [2.75, 3.05) is 13.2 Å². The van der Waals surface area contributed by atoms with Crippen molar-refractivity contribution >= 4 is 12.1 Å². The first-order valence-corrected chi connectivity index (χ1v) is 14.9. The first-order chi connectivity index (χ1) is 19.5. The Morgan fingerprint density at radius 3 is 2.58 bits per heavy atom. The molecule has 2 aromatic carbocycles. The van der Waals surface area contributed by atoms with Crippen LogP contribution in [0.4, 0.5) is 4.79 Å². The molecule has 4 rings (SSSR count). The Balaban J connectivity index is 1.33. The number of carbonyl (C=O) groups excluding carboxylic acids is 2. The fourth-order valence-corrected chi connectivity index (χ4v) is 6.41. The summed E-state index contributed by atoms with van der Waals surface area (Å²) in [5.41, 5.74) is 3.29. The van der Waals surface area contributed by atoms with Gasteiger partial charge in [0, 0.05) is 0 Å². The van der Waals surface area contributed by atoms with E-state index in [1.807, 2.05) is 42.5 Å². The van der Waals surface area contributed by atoms with Gasteiger partial charge in [-0.1, -0.05) is 62.2 Å². The molecule has 1 N–H and O–H groups in total. The van der Waals surface area contributed by atoms with Crippen molar-refractivity contribution in [2.24, 2.45) is 17.8 Å². The lowest BCUT2D eigenvalue weighted by Crippen LogP contribution is -2.29. The molecule has 0 spiro atoms. The van der Waals surface area contributed by atoms with E-state index in [1.165, 1.54) is 5.56 Å². The van der Waals surface area contributed by atoms with Crippen molar-refractivity contribution in [1.29, 1.82) is 0 Å². The highest BCUT2D eigenvalue weighted by Gasteiger charge is 2.45. The molecule has 5 atom stereocenters. The monoisotopic (exact) mass is 552 g/mol. The van der Waals surface area contributed by atoms with E-state index in [0.29, 0.717) is 18.4 Å². The second-order valence-electron chi connectivity index (χ2n) is 11.1. The maximum Gasteiger partial charge on any atom is 0.508 e. The molecule has 7 nitrogen and oxygen atoms in total. The summed E-state index contributed by atoms with van der Waals surface area (Å²) < 4.78 is 22.0. The van der Waals surface area contributed by atoms with Crippen molar-refractivity contribution in [3.05, 3.63) is 65.2 Å². The third-order valence-electron chi connectivity index (χ3n) is 8.41. The molecular weight excluding hydrogens is 508 g/mol. The highest BCUT2D eigenvalue weighted by Crippen LogP contribution is 2.48. The number of hydrogen-bond acceptors (Lipinski definition) is 7. The molecule has 0 heterocycles. The maximum absolute atomic E-state index is 12.3. The van der Waals surface area contributed by atoms with Gasteiger partial charge in [-0.2, -0.15) is 0 Å². The molecule has 7 heteroatoms. The van der Waals surface area contributed by atoms with E-state index in [9.17, 15) is 14.7 Å². The van der Waals surface area contributed by atoms with Gasteiger partial charge in [0.15, 0.2) is 6.61 Å². The summed E-state index contributed by atoms with van der Waals surface area (Å²) in [6, 6.07) is 15.6. The lowest BCUT2D eigenvalue weighted by molar-refractivity contribution is -0.147. The highest BCUT2D eigenvalue weighted by molar-refractivity contribution is 5.71. The van der Waals surface area contributed by atoms with Gasteiger partial charge in [0.1, 0.15) is 18.5 Å². The van der Waals surface area contributed by atoms with Gasteiger partial charge >= 0.3 is 12.1 Å². The normalized spacial score (nSPS) is 22.1. The van der Waals surface area contributed by atoms with Gasteiger partial charge in [-0.05, 0) is 92.4 Å². The van der Waals surface area contributed by atoms with E-state index in [0.717, 1.165) is 74.7 Å². The first-order valence-electron chi connectivity index (χ1n) is 14.9. The summed E-state index contributed by atoms with van der Waals surface area (Å²) in [5.74, 6) is 1.21. The molecule has 0 aromatic heterocycles. The van der Waals surface area contributed by atoms with Gasteiger partial charge < -0.3 is 24.1 Å². The van der Waals surface area contributed by atoms with E-state index < -0.39 is 12.1 Å². The Hall–Kier alpha value is -3.06. The number of esters is 1. The number of aliphatic hydroxyl groups is 1. The van der Waals surface area contributed by atoms with Crippen LogP contribution in [0, 0.1) is 17.8 Å². The number of unbranched alkanes of at least 4 members (excludes halogenated alkanes) is 2. The number of rotatable bonds is 14. The summed E-state index contributed by atoms with van der Waals surface area (Å²) in [5, 5.41) is 11.1. The number of hydrogen-bond donors (Lipinski definition) is 1. The summed E-state index contributed by atoms with van der Waals surface area (Å²) in [7, 11) is 0. The van der Waals surface area contributed by atoms with Crippen LogP contribution in [0.15, 0.2) is 48.5 Å². The van der Waals surface area contributed by atoms with Crippen molar-refractivity contribution in [2.45, 2.75) is 90.4 Å². The van der Waals surface area contributed by atoms with Crippen LogP contribution in [0.2, 0.25) is 0 Å². The van der Waals surface area contributed by atoms with E-state index in [2.05, 4.69) is 13.0 Å². The second-order valence-corrected chi connectivity index (χ2v) is 11.1. The van der Waals surface area contributed by atoms with E-state index >= 15 is 0 Å². The smallest absolute Gasteiger partial charge is 0.482 e.